The van der Waals surface area contributed by atoms with Gasteiger partial charge in [-0.05, 0) is 38.1 Å². The third kappa shape index (κ3) is 2.16. The number of ether oxygens (including phenoxy) is 1. The normalized spacial score (nSPS) is 18.4. The molecule has 0 radical (unpaired) electrons. The van der Waals surface area contributed by atoms with Gasteiger partial charge in [-0.25, -0.2) is 8.42 Å². The molecule has 0 aromatic heterocycles. The lowest BCUT2D eigenvalue weighted by molar-refractivity contribution is -0.140. The number of carboxylic acids is 1. The van der Waals surface area contributed by atoms with Crippen molar-refractivity contribution in [1.82, 2.24) is 5.32 Å². The number of aliphatic carboxylic acids is 1. The van der Waals surface area contributed by atoms with Gasteiger partial charge >= 0.3 is 5.97 Å². The SMILES string of the molecule is COc1ccccc1S(=O)(=O)C1(C(=O)O)CCNCC1. The van der Waals surface area contributed by atoms with Crippen LogP contribution in [0.4, 0.5) is 0 Å². The van der Waals surface area contributed by atoms with E-state index in [9.17, 15) is 18.3 Å². The average molecular weight is 299 g/mol. The number of methoxy groups -OCH3 is 1. The maximum absolute atomic E-state index is 12.8. The van der Waals surface area contributed by atoms with E-state index in [4.69, 9.17) is 4.74 Å². The molecule has 1 heterocycles. The van der Waals surface area contributed by atoms with Gasteiger partial charge in [-0.1, -0.05) is 12.1 Å². The van der Waals surface area contributed by atoms with Gasteiger partial charge in [0.2, 0.25) is 0 Å². The number of carboxylic acid groups (broad SMARTS) is 1. The van der Waals surface area contributed by atoms with Crippen LogP contribution in [0, 0.1) is 0 Å². The van der Waals surface area contributed by atoms with E-state index in [1.807, 2.05) is 0 Å². The quantitative estimate of drug-likeness (QED) is 0.849. The Kier molecular flexibility index (Phi) is 4.01. The van der Waals surface area contributed by atoms with Crippen molar-refractivity contribution in [1.29, 1.82) is 0 Å². The second-order valence-corrected chi connectivity index (χ2v) is 6.93. The summed E-state index contributed by atoms with van der Waals surface area (Å²) in [6.45, 7) is 0.724. The number of benzene rings is 1. The molecule has 7 heteroatoms. The molecular weight excluding hydrogens is 282 g/mol. The van der Waals surface area contributed by atoms with Gasteiger partial charge in [-0.2, -0.15) is 0 Å². The summed E-state index contributed by atoms with van der Waals surface area (Å²) in [7, 11) is -2.66. The number of hydrogen-bond donors (Lipinski definition) is 2. The molecule has 2 rings (SSSR count). The van der Waals surface area contributed by atoms with Crippen LogP contribution >= 0.6 is 0 Å². The van der Waals surface area contributed by atoms with Gasteiger partial charge in [0.25, 0.3) is 0 Å². The number of hydrogen-bond acceptors (Lipinski definition) is 5. The minimum atomic E-state index is -4.03. The van der Waals surface area contributed by atoms with Crippen LogP contribution in [-0.2, 0) is 14.6 Å². The van der Waals surface area contributed by atoms with E-state index in [1.54, 1.807) is 12.1 Å². The molecule has 1 aromatic carbocycles. The van der Waals surface area contributed by atoms with Gasteiger partial charge in [0.15, 0.2) is 14.6 Å². The zero-order chi connectivity index (χ0) is 14.8. The van der Waals surface area contributed by atoms with Crippen LogP contribution in [0.25, 0.3) is 0 Å². The van der Waals surface area contributed by atoms with E-state index in [0.717, 1.165) is 0 Å². The average Bonchev–Trinajstić information content (AvgIpc) is 2.47. The lowest BCUT2D eigenvalue weighted by atomic mass is 9.97. The Hall–Kier alpha value is -1.60. The van der Waals surface area contributed by atoms with Crippen molar-refractivity contribution in [3.63, 3.8) is 0 Å². The minimum Gasteiger partial charge on any atom is -0.495 e. The lowest BCUT2D eigenvalue weighted by Gasteiger charge is -2.33. The molecule has 20 heavy (non-hydrogen) atoms. The van der Waals surface area contributed by atoms with E-state index in [1.165, 1.54) is 19.2 Å². The molecule has 1 aliphatic rings. The number of rotatable bonds is 4. The first-order valence-electron chi connectivity index (χ1n) is 6.27. The monoisotopic (exact) mass is 299 g/mol. The fourth-order valence-electron chi connectivity index (χ4n) is 2.48. The van der Waals surface area contributed by atoms with Crippen molar-refractivity contribution in [2.45, 2.75) is 22.5 Å². The Morgan fingerprint density at radius 2 is 1.90 bits per heavy atom. The molecule has 0 amide bonds. The Morgan fingerprint density at radius 3 is 2.45 bits per heavy atom. The smallest absolute Gasteiger partial charge is 0.325 e. The summed E-state index contributed by atoms with van der Waals surface area (Å²) in [5.74, 6) is -1.13. The van der Waals surface area contributed by atoms with Crippen LogP contribution in [0.1, 0.15) is 12.8 Å². The molecule has 0 aliphatic carbocycles. The van der Waals surface area contributed by atoms with Crippen LogP contribution in [0.5, 0.6) is 5.75 Å². The van der Waals surface area contributed by atoms with Crippen LogP contribution in [0.3, 0.4) is 0 Å². The second kappa shape index (κ2) is 5.41. The van der Waals surface area contributed by atoms with Gasteiger partial charge in [0, 0.05) is 0 Å². The Morgan fingerprint density at radius 1 is 1.30 bits per heavy atom. The molecule has 0 spiro atoms. The van der Waals surface area contributed by atoms with Crippen molar-refractivity contribution in [2.75, 3.05) is 20.2 Å². The lowest BCUT2D eigenvalue weighted by Crippen LogP contribution is -2.53. The largest absolute Gasteiger partial charge is 0.495 e. The van der Waals surface area contributed by atoms with E-state index < -0.39 is 20.6 Å². The van der Waals surface area contributed by atoms with E-state index >= 15 is 0 Å². The van der Waals surface area contributed by atoms with Crippen molar-refractivity contribution >= 4 is 15.8 Å². The van der Waals surface area contributed by atoms with Crippen molar-refractivity contribution in [3.8, 4) is 5.75 Å². The molecule has 2 N–H and O–H groups in total. The zero-order valence-corrected chi connectivity index (χ0v) is 11.9. The molecule has 0 unspecified atom stereocenters. The first kappa shape index (κ1) is 14.8. The topological polar surface area (TPSA) is 92.7 Å². The summed E-state index contributed by atoms with van der Waals surface area (Å²) < 4.78 is 29.0. The molecule has 1 saturated heterocycles. The van der Waals surface area contributed by atoms with Gasteiger partial charge in [-0.3, -0.25) is 4.79 Å². The van der Waals surface area contributed by atoms with E-state index in [-0.39, 0.29) is 23.5 Å². The molecule has 0 saturated carbocycles. The molecule has 1 fully saturated rings. The summed E-state index contributed by atoms with van der Waals surface area (Å²) in [5.41, 5.74) is 0. The fraction of sp³-hybridized carbons (Fsp3) is 0.462. The van der Waals surface area contributed by atoms with Crippen molar-refractivity contribution < 1.29 is 23.1 Å². The molecule has 1 aliphatic heterocycles. The zero-order valence-electron chi connectivity index (χ0n) is 11.1. The second-order valence-electron chi connectivity index (χ2n) is 4.70. The Bertz CT molecular complexity index is 605. The third-order valence-electron chi connectivity index (χ3n) is 3.67. The van der Waals surface area contributed by atoms with Crippen LogP contribution in [0.2, 0.25) is 0 Å². The molecule has 0 atom stereocenters. The number of sulfone groups is 1. The molecule has 1 aromatic rings. The maximum atomic E-state index is 12.8. The van der Waals surface area contributed by atoms with Gasteiger partial charge < -0.3 is 15.2 Å². The molecule has 110 valence electrons. The molecule has 0 bridgehead atoms. The van der Waals surface area contributed by atoms with Crippen LogP contribution < -0.4 is 10.1 Å². The van der Waals surface area contributed by atoms with Gasteiger partial charge in [-0.15, -0.1) is 0 Å². The number of carbonyl (C=O) groups is 1. The first-order chi connectivity index (χ1) is 9.45. The first-order valence-corrected chi connectivity index (χ1v) is 7.76. The summed E-state index contributed by atoms with van der Waals surface area (Å²) in [5, 5.41) is 12.5. The summed E-state index contributed by atoms with van der Waals surface area (Å²) in [6, 6.07) is 6.12. The predicted octanol–water partition coefficient (Wildman–Crippen LogP) is 0.676. The van der Waals surface area contributed by atoms with Gasteiger partial charge in [0.05, 0.1) is 7.11 Å². The van der Waals surface area contributed by atoms with Crippen LogP contribution in [0.15, 0.2) is 29.2 Å². The highest BCUT2D eigenvalue weighted by Gasteiger charge is 2.52. The maximum Gasteiger partial charge on any atom is 0.325 e. The van der Waals surface area contributed by atoms with Crippen molar-refractivity contribution in [2.24, 2.45) is 0 Å². The third-order valence-corrected chi connectivity index (χ3v) is 6.20. The Balaban J connectivity index is 2.60. The minimum absolute atomic E-state index is 0.0444. The summed E-state index contributed by atoms with van der Waals surface area (Å²) >= 11 is 0. The number of piperidine rings is 1. The fourth-order valence-corrected chi connectivity index (χ4v) is 4.55. The van der Waals surface area contributed by atoms with E-state index in [2.05, 4.69) is 5.32 Å². The number of para-hydroxylation sites is 1. The standard InChI is InChI=1S/C13H17NO5S/c1-19-10-4-2-3-5-11(10)20(17,18)13(12(15)16)6-8-14-9-7-13/h2-5,14H,6-9H2,1H3,(H,15,16). The van der Waals surface area contributed by atoms with Crippen LogP contribution in [-0.4, -0.2) is 44.4 Å². The van der Waals surface area contributed by atoms with E-state index in [0.29, 0.717) is 13.1 Å². The Labute approximate surface area is 117 Å². The van der Waals surface area contributed by atoms with Crippen molar-refractivity contribution in [3.05, 3.63) is 24.3 Å². The summed E-state index contributed by atoms with van der Waals surface area (Å²) in [4.78, 5) is 11.6. The van der Waals surface area contributed by atoms with Gasteiger partial charge in [0.1, 0.15) is 10.6 Å². The highest BCUT2D eigenvalue weighted by atomic mass is 32.2. The highest BCUT2D eigenvalue weighted by molar-refractivity contribution is 7.93. The highest BCUT2D eigenvalue weighted by Crippen LogP contribution is 2.37. The molecular formula is C13H17NO5S. The molecule has 6 nitrogen and oxygen atoms in total. The summed E-state index contributed by atoms with van der Waals surface area (Å²) in [6.07, 6.45) is 0.0887. The number of nitrogens with one attached hydrogen (secondary N) is 1. The predicted molar refractivity (Wildman–Crippen MR) is 72.7 cm³/mol.